The fraction of sp³-hybridized carbons (Fsp3) is 0.0714. The monoisotopic (exact) mass is 538 g/mol. The fourth-order valence-electron chi connectivity index (χ4n) is 4.47. The minimum absolute atomic E-state index is 0.249. The van der Waals surface area contributed by atoms with Crippen molar-refractivity contribution in [3.05, 3.63) is 130 Å². The molecule has 0 spiro atoms. The van der Waals surface area contributed by atoms with Gasteiger partial charge >= 0.3 is 0 Å². The average molecular weight is 539 g/mol. The van der Waals surface area contributed by atoms with Gasteiger partial charge in [0.15, 0.2) is 0 Å². The lowest BCUT2D eigenvalue weighted by atomic mass is 10.0. The number of tetrazole rings is 1. The molecule has 2 aromatic carbocycles. The largest absolute Gasteiger partial charge is 0.340 e. The zero-order chi connectivity index (χ0) is 26.8. The van der Waals surface area contributed by atoms with Crippen LogP contribution in [0.5, 0.6) is 0 Å². The van der Waals surface area contributed by atoms with E-state index in [0.29, 0.717) is 34.1 Å². The van der Waals surface area contributed by atoms with Gasteiger partial charge in [0.2, 0.25) is 0 Å². The number of nitrogens with zero attached hydrogens (tertiary/aromatic N) is 7. The summed E-state index contributed by atoms with van der Waals surface area (Å²) in [5.41, 5.74) is 4.28. The van der Waals surface area contributed by atoms with E-state index in [9.17, 15) is 9.18 Å². The Balaban J connectivity index is 1.42. The Labute approximate surface area is 226 Å². The first-order valence-corrected chi connectivity index (χ1v) is 12.4. The molecular weight excluding hydrogens is 519 g/mol. The van der Waals surface area contributed by atoms with Crippen molar-refractivity contribution in [2.24, 2.45) is 0 Å². The molecule has 6 aromatic rings. The van der Waals surface area contributed by atoms with Gasteiger partial charge in [0.1, 0.15) is 18.0 Å². The second-order valence-corrected chi connectivity index (χ2v) is 9.28. The molecular formula is C28H20ClFN8O. The van der Waals surface area contributed by atoms with Crippen LogP contribution in [-0.2, 0) is 6.42 Å². The van der Waals surface area contributed by atoms with Crippen molar-refractivity contribution in [1.82, 2.24) is 39.7 Å². The van der Waals surface area contributed by atoms with Crippen molar-refractivity contribution >= 4 is 11.6 Å². The summed E-state index contributed by atoms with van der Waals surface area (Å²) < 4.78 is 16.7. The van der Waals surface area contributed by atoms with E-state index in [1.165, 1.54) is 23.1 Å². The molecule has 4 aromatic heterocycles. The van der Waals surface area contributed by atoms with Crippen LogP contribution in [0.1, 0.15) is 17.4 Å². The standard InChI is InChI=1S/C28H20ClFN8O/c29-21-5-8-25(38-17-33-35-36-38)23(14-21)19-9-11-37(27(39)13-19)26(12-18-3-6-22(30)7-4-18)28-32-16-24(34-28)20-2-1-10-31-15-20/h1-11,13-17,26H,12H2,(H,32,34)/t26-/m0/s1. The van der Waals surface area contributed by atoms with Crippen LogP contribution in [0.4, 0.5) is 4.39 Å². The molecule has 0 unspecified atom stereocenters. The maximum Gasteiger partial charge on any atom is 0.251 e. The number of hydrogen-bond acceptors (Lipinski definition) is 6. The molecule has 0 aliphatic rings. The van der Waals surface area contributed by atoms with Gasteiger partial charge in [-0.15, -0.1) is 5.10 Å². The molecule has 192 valence electrons. The Hall–Kier alpha value is -4.96. The van der Waals surface area contributed by atoms with Crippen molar-refractivity contribution < 1.29 is 4.39 Å². The van der Waals surface area contributed by atoms with Crippen molar-refractivity contribution in [3.8, 4) is 28.1 Å². The molecule has 1 atom stereocenters. The lowest BCUT2D eigenvalue weighted by molar-refractivity contribution is 0.536. The van der Waals surface area contributed by atoms with Crippen molar-refractivity contribution in [3.63, 3.8) is 0 Å². The van der Waals surface area contributed by atoms with E-state index in [2.05, 4.69) is 30.5 Å². The molecule has 0 fully saturated rings. The highest BCUT2D eigenvalue weighted by atomic mass is 35.5. The number of aromatic amines is 1. The Morgan fingerprint density at radius 2 is 1.87 bits per heavy atom. The molecule has 0 saturated heterocycles. The Bertz CT molecular complexity index is 1780. The number of pyridine rings is 2. The summed E-state index contributed by atoms with van der Waals surface area (Å²) in [4.78, 5) is 25.7. The Morgan fingerprint density at radius 3 is 2.62 bits per heavy atom. The number of halogens is 2. The predicted molar refractivity (Wildman–Crippen MR) is 144 cm³/mol. The molecule has 9 nitrogen and oxygen atoms in total. The molecule has 0 saturated carbocycles. The number of H-pyrrole nitrogens is 1. The molecule has 1 N–H and O–H groups in total. The van der Waals surface area contributed by atoms with Gasteiger partial charge in [0.05, 0.1) is 23.6 Å². The molecule has 11 heteroatoms. The van der Waals surface area contributed by atoms with E-state index in [4.69, 9.17) is 11.6 Å². The number of nitrogens with one attached hydrogen (secondary N) is 1. The normalized spacial score (nSPS) is 11.9. The van der Waals surface area contributed by atoms with Crippen LogP contribution >= 0.6 is 11.6 Å². The topological polar surface area (TPSA) is 107 Å². The summed E-state index contributed by atoms with van der Waals surface area (Å²) >= 11 is 6.30. The molecule has 0 aliphatic carbocycles. The highest BCUT2D eigenvalue weighted by molar-refractivity contribution is 6.31. The van der Waals surface area contributed by atoms with Crippen molar-refractivity contribution in [2.45, 2.75) is 12.5 Å². The van der Waals surface area contributed by atoms with Crippen LogP contribution < -0.4 is 5.56 Å². The third-order valence-electron chi connectivity index (χ3n) is 6.38. The molecule has 4 heterocycles. The quantitative estimate of drug-likeness (QED) is 0.310. The first-order chi connectivity index (χ1) is 19.0. The highest BCUT2D eigenvalue weighted by Crippen LogP contribution is 2.30. The summed E-state index contributed by atoms with van der Waals surface area (Å²) in [5.74, 6) is 0.263. The summed E-state index contributed by atoms with van der Waals surface area (Å²) in [6.45, 7) is 0. The van der Waals surface area contributed by atoms with E-state index in [1.54, 1.807) is 65.8 Å². The maximum atomic E-state index is 13.6. The third kappa shape index (κ3) is 5.10. The van der Waals surface area contributed by atoms with E-state index < -0.39 is 6.04 Å². The minimum Gasteiger partial charge on any atom is -0.340 e. The lowest BCUT2D eigenvalue weighted by Gasteiger charge is -2.19. The fourth-order valence-corrected chi connectivity index (χ4v) is 4.64. The van der Waals surface area contributed by atoms with Gasteiger partial charge in [-0.25, -0.2) is 9.37 Å². The number of aromatic nitrogens is 8. The van der Waals surface area contributed by atoms with E-state index in [0.717, 1.165) is 16.8 Å². The van der Waals surface area contributed by atoms with Gasteiger partial charge in [-0.3, -0.25) is 9.78 Å². The number of rotatable bonds is 7. The SMILES string of the molecule is O=c1cc(-c2cc(Cl)ccc2-n2cnnn2)ccn1[C@@H](Cc1ccc(F)cc1)c1ncc(-c2cccnc2)[nH]1. The van der Waals surface area contributed by atoms with E-state index in [-0.39, 0.29) is 11.4 Å². The summed E-state index contributed by atoms with van der Waals surface area (Å²) in [6.07, 6.45) is 8.76. The molecule has 6 rings (SSSR count). The van der Waals surface area contributed by atoms with Crippen LogP contribution in [0, 0.1) is 5.82 Å². The van der Waals surface area contributed by atoms with Gasteiger partial charge in [0.25, 0.3) is 5.56 Å². The van der Waals surface area contributed by atoms with Gasteiger partial charge in [0, 0.05) is 47.2 Å². The van der Waals surface area contributed by atoms with Crippen LogP contribution in [0.15, 0.2) is 103 Å². The molecule has 0 amide bonds. The highest BCUT2D eigenvalue weighted by Gasteiger charge is 2.21. The predicted octanol–water partition coefficient (Wildman–Crippen LogP) is 4.90. The summed E-state index contributed by atoms with van der Waals surface area (Å²) in [5, 5.41) is 11.9. The van der Waals surface area contributed by atoms with Crippen LogP contribution in [-0.4, -0.2) is 39.7 Å². The number of benzene rings is 2. The molecule has 0 radical (unpaired) electrons. The van der Waals surface area contributed by atoms with E-state index in [1.807, 2.05) is 18.2 Å². The average Bonchev–Trinajstić information content (AvgIpc) is 3.67. The first-order valence-electron chi connectivity index (χ1n) is 12.0. The van der Waals surface area contributed by atoms with Gasteiger partial charge < -0.3 is 9.55 Å². The lowest BCUT2D eigenvalue weighted by Crippen LogP contribution is -2.27. The Kier molecular flexibility index (Phi) is 6.52. The van der Waals surface area contributed by atoms with Crippen LogP contribution in [0.25, 0.3) is 28.1 Å². The molecule has 39 heavy (non-hydrogen) atoms. The number of imidazole rings is 1. The van der Waals surface area contributed by atoms with Crippen LogP contribution in [0.3, 0.4) is 0 Å². The summed E-state index contributed by atoms with van der Waals surface area (Å²) in [6, 6.07) is 18.2. The molecule has 0 bridgehead atoms. The van der Waals surface area contributed by atoms with Crippen molar-refractivity contribution in [1.29, 1.82) is 0 Å². The minimum atomic E-state index is -0.485. The van der Waals surface area contributed by atoms with Gasteiger partial charge in [-0.2, -0.15) is 4.68 Å². The smallest absolute Gasteiger partial charge is 0.251 e. The van der Waals surface area contributed by atoms with Crippen LogP contribution in [0.2, 0.25) is 5.02 Å². The van der Waals surface area contributed by atoms with E-state index >= 15 is 0 Å². The van der Waals surface area contributed by atoms with Crippen molar-refractivity contribution in [2.75, 3.05) is 0 Å². The zero-order valence-electron chi connectivity index (χ0n) is 20.3. The Morgan fingerprint density at radius 1 is 1.00 bits per heavy atom. The maximum absolute atomic E-state index is 13.6. The first kappa shape index (κ1) is 24.4. The zero-order valence-corrected chi connectivity index (χ0v) is 21.1. The second-order valence-electron chi connectivity index (χ2n) is 8.85. The number of hydrogen-bond donors (Lipinski definition) is 1. The second kappa shape index (κ2) is 10.4. The summed E-state index contributed by atoms with van der Waals surface area (Å²) in [7, 11) is 0. The third-order valence-corrected chi connectivity index (χ3v) is 6.61. The molecule has 0 aliphatic heterocycles. The van der Waals surface area contributed by atoms with Gasteiger partial charge in [-0.1, -0.05) is 23.7 Å². The van der Waals surface area contributed by atoms with Gasteiger partial charge in [-0.05, 0) is 70.1 Å².